The minimum Gasteiger partial charge on any atom is -0.462 e. The minimum absolute atomic E-state index is 0.170. The molecule has 0 bridgehead atoms. The lowest BCUT2D eigenvalue weighted by Gasteiger charge is -2.10. The number of carbonyl (C=O) groups is 2. The van der Waals surface area contributed by atoms with Crippen molar-refractivity contribution in [3.05, 3.63) is 83.9 Å². The van der Waals surface area contributed by atoms with Crippen LogP contribution in [0.4, 0.5) is 21.5 Å². The van der Waals surface area contributed by atoms with E-state index in [-0.39, 0.29) is 23.7 Å². The molecule has 0 aliphatic rings. The number of para-hydroxylation sites is 1. The van der Waals surface area contributed by atoms with Gasteiger partial charge >= 0.3 is 5.97 Å². The molecule has 3 rings (SSSR count). The molecule has 1 amide bonds. The minimum atomic E-state index is -0.513. The monoisotopic (exact) mass is 379 g/mol. The van der Waals surface area contributed by atoms with Gasteiger partial charge in [0.25, 0.3) is 5.91 Å². The number of pyridine rings is 1. The fourth-order valence-corrected chi connectivity index (χ4v) is 2.50. The fraction of sp³-hybridized carbons (Fsp3) is 0.0952. The summed E-state index contributed by atoms with van der Waals surface area (Å²) in [6.45, 7) is 1.95. The molecule has 0 saturated carbocycles. The van der Waals surface area contributed by atoms with E-state index in [1.807, 2.05) is 0 Å². The molecule has 2 N–H and O–H groups in total. The fourth-order valence-electron chi connectivity index (χ4n) is 2.50. The summed E-state index contributed by atoms with van der Waals surface area (Å²) >= 11 is 0. The molecule has 0 atom stereocenters. The molecule has 0 fully saturated rings. The Hall–Kier alpha value is -3.74. The summed E-state index contributed by atoms with van der Waals surface area (Å²) in [5, 5.41) is 5.67. The molecule has 142 valence electrons. The molecular formula is C21H18FN3O3. The predicted molar refractivity (Wildman–Crippen MR) is 104 cm³/mol. The highest BCUT2D eigenvalue weighted by molar-refractivity contribution is 6.07. The second-order valence-electron chi connectivity index (χ2n) is 5.79. The summed E-state index contributed by atoms with van der Waals surface area (Å²) < 4.78 is 18.2. The van der Waals surface area contributed by atoms with Gasteiger partial charge in [-0.1, -0.05) is 18.2 Å². The van der Waals surface area contributed by atoms with Crippen LogP contribution in [0.5, 0.6) is 0 Å². The normalized spacial score (nSPS) is 10.2. The lowest BCUT2D eigenvalue weighted by molar-refractivity contribution is 0.0527. The largest absolute Gasteiger partial charge is 0.462 e. The average Bonchev–Trinajstić information content (AvgIpc) is 2.69. The third-order valence-corrected chi connectivity index (χ3v) is 3.78. The van der Waals surface area contributed by atoms with Crippen molar-refractivity contribution in [1.82, 2.24) is 4.98 Å². The van der Waals surface area contributed by atoms with Gasteiger partial charge in [0.05, 0.1) is 29.7 Å². The molecule has 0 aliphatic heterocycles. The van der Waals surface area contributed by atoms with Crippen LogP contribution >= 0.6 is 0 Å². The number of nitrogens with zero attached hydrogens (tertiary/aromatic N) is 1. The molecular weight excluding hydrogens is 361 g/mol. The Bertz CT molecular complexity index is 990. The molecule has 28 heavy (non-hydrogen) atoms. The third-order valence-electron chi connectivity index (χ3n) is 3.78. The lowest BCUT2D eigenvalue weighted by atomic mass is 10.1. The average molecular weight is 379 g/mol. The standard InChI is InChI=1S/C21H18FN3O3/c1-2-28-21(27)17-8-3-4-9-18(17)25-20(26)19-11-10-16(13-23-19)24-15-7-5-6-14(22)12-15/h3-13,24H,2H2,1H3,(H,25,26). The highest BCUT2D eigenvalue weighted by Crippen LogP contribution is 2.19. The van der Waals surface area contributed by atoms with Gasteiger partial charge in [-0.05, 0) is 49.4 Å². The summed E-state index contributed by atoms with van der Waals surface area (Å²) in [5.41, 5.74) is 1.96. The van der Waals surface area contributed by atoms with Crippen LogP contribution < -0.4 is 10.6 Å². The second-order valence-corrected chi connectivity index (χ2v) is 5.79. The Morgan fingerprint density at radius 3 is 2.57 bits per heavy atom. The van der Waals surface area contributed by atoms with Gasteiger partial charge in [-0.25, -0.2) is 14.2 Å². The van der Waals surface area contributed by atoms with E-state index in [0.29, 0.717) is 17.1 Å². The van der Waals surface area contributed by atoms with E-state index in [4.69, 9.17) is 4.74 Å². The van der Waals surface area contributed by atoms with E-state index in [1.54, 1.807) is 49.4 Å². The van der Waals surface area contributed by atoms with Crippen LogP contribution in [0, 0.1) is 5.82 Å². The van der Waals surface area contributed by atoms with E-state index >= 15 is 0 Å². The van der Waals surface area contributed by atoms with Gasteiger partial charge in [0.2, 0.25) is 0 Å². The highest BCUT2D eigenvalue weighted by atomic mass is 19.1. The Morgan fingerprint density at radius 2 is 1.86 bits per heavy atom. The lowest BCUT2D eigenvalue weighted by Crippen LogP contribution is -2.17. The number of rotatable bonds is 6. The topological polar surface area (TPSA) is 80.3 Å². The number of nitrogens with one attached hydrogen (secondary N) is 2. The number of hydrogen-bond donors (Lipinski definition) is 2. The number of hydrogen-bond acceptors (Lipinski definition) is 5. The number of amides is 1. The quantitative estimate of drug-likeness (QED) is 0.621. The first-order chi connectivity index (χ1) is 13.6. The SMILES string of the molecule is CCOC(=O)c1ccccc1NC(=O)c1ccc(Nc2cccc(F)c2)cn1. The zero-order chi connectivity index (χ0) is 19.9. The Morgan fingerprint density at radius 1 is 1.04 bits per heavy atom. The van der Waals surface area contributed by atoms with Crippen LogP contribution in [0.1, 0.15) is 27.8 Å². The molecule has 1 heterocycles. The molecule has 0 radical (unpaired) electrons. The van der Waals surface area contributed by atoms with Crippen molar-refractivity contribution in [3.8, 4) is 0 Å². The zero-order valence-electron chi connectivity index (χ0n) is 15.1. The molecule has 0 unspecified atom stereocenters. The number of benzene rings is 2. The van der Waals surface area contributed by atoms with Crippen molar-refractivity contribution in [2.75, 3.05) is 17.2 Å². The van der Waals surface area contributed by atoms with E-state index in [1.165, 1.54) is 24.4 Å². The van der Waals surface area contributed by atoms with Crippen molar-refractivity contribution in [3.63, 3.8) is 0 Å². The number of halogens is 1. The third kappa shape index (κ3) is 4.70. The molecule has 1 aromatic heterocycles. The Labute approximate surface area is 161 Å². The summed E-state index contributed by atoms with van der Waals surface area (Å²) in [5.74, 6) is -1.33. The van der Waals surface area contributed by atoms with Crippen molar-refractivity contribution in [1.29, 1.82) is 0 Å². The van der Waals surface area contributed by atoms with E-state index in [2.05, 4.69) is 15.6 Å². The second kappa shape index (κ2) is 8.77. The molecule has 3 aromatic rings. The van der Waals surface area contributed by atoms with Gasteiger partial charge in [-0.3, -0.25) is 4.79 Å². The first kappa shape index (κ1) is 19.0. The molecule has 7 heteroatoms. The number of aromatic nitrogens is 1. The number of anilines is 3. The predicted octanol–water partition coefficient (Wildman–Crippen LogP) is 4.39. The summed E-state index contributed by atoms with van der Waals surface area (Å²) in [4.78, 5) is 28.6. The van der Waals surface area contributed by atoms with Gasteiger partial charge in [0.1, 0.15) is 11.5 Å². The zero-order valence-corrected chi connectivity index (χ0v) is 15.1. The number of carbonyl (C=O) groups excluding carboxylic acids is 2. The van der Waals surface area contributed by atoms with Crippen LogP contribution in [0.15, 0.2) is 66.9 Å². The van der Waals surface area contributed by atoms with Crippen LogP contribution in [0.2, 0.25) is 0 Å². The first-order valence-electron chi connectivity index (χ1n) is 8.63. The number of esters is 1. The molecule has 0 saturated heterocycles. The van der Waals surface area contributed by atoms with Crippen LogP contribution in [0.25, 0.3) is 0 Å². The van der Waals surface area contributed by atoms with E-state index < -0.39 is 11.9 Å². The molecule has 2 aromatic carbocycles. The summed E-state index contributed by atoms with van der Waals surface area (Å²) in [7, 11) is 0. The van der Waals surface area contributed by atoms with Crippen molar-refractivity contribution >= 4 is 28.9 Å². The van der Waals surface area contributed by atoms with Crippen LogP contribution in [-0.2, 0) is 4.74 Å². The molecule has 6 nitrogen and oxygen atoms in total. The highest BCUT2D eigenvalue weighted by Gasteiger charge is 2.15. The van der Waals surface area contributed by atoms with Gasteiger partial charge in [-0.15, -0.1) is 0 Å². The van der Waals surface area contributed by atoms with E-state index in [0.717, 1.165) is 0 Å². The Kier molecular flexibility index (Phi) is 5.96. The van der Waals surface area contributed by atoms with Gasteiger partial charge in [-0.2, -0.15) is 0 Å². The van der Waals surface area contributed by atoms with Crippen molar-refractivity contribution in [2.45, 2.75) is 6.92 Å². The molecule has 0 aliphatic carbocycles. The van der Waals surface area contributed by atoms with Crippen molar-refractivity contribution in [2.24, 2.45) is 0 Å². The van der Waals surface area contributed by atoms with Crippen LogP contribution in [-0.4, -0.2) is 23.5 Å². The van der Waals surface area contributed by atoms with Crippen LogP contribution in [0.3, 0.4) is 0 Å². The maximum Gasteiger partial charge on any atom is 0.340 e. The molecule has 0 spiro atoms. The summed E-state index contributed by atoms with van der Waals surface area (Å²) in [6.07, 6.45) is 1.47. The first-order valence-corrected chi connectivity index (χ1v) is 8.63. The number of ether oxygens (including phenoxy) is 1. The van der Waals surface area contributed by atoms with Crippen molar-refractivity contribution < 1.29 is 18.7 Å². The van der Waals surface area contributed by atoms with Gasteiger partial charge in [0, 0.05) is 5.69 Å². The maximum absolute atomic E-state index is 13.2. The van der Waals surface area contributed by atoms with E-state index in [9.17, 15) is 14.0 Å². The van der Waals surface area contributed by atoms with Gasteiger partial charge in [0.15, 0.2) is 0 Å². The summed E-state index contributed by atoms with van der Waals surface area (Å²) in [6, 6.07) is 15.8. The maximum atomic E-state index is 13.2. The Balaban J connectivity index is 1.71. The smallest absolute Gasteiger partial charge is 0.340 e. The van der Waals surface area contributed by atoms with Gasteiger partial charge < -0.3 is 15.4 Å².